The van der Waals surface area contributed by atoms with Crippen LogP contribution in [0, 0.1) is 6.92 Å². The Morgan fingerprint density at radius 2 is 1.26 bits per heavy atom. The molecule has 0 aromatic carbocycles. The molecule has 0 bridgehead atoms. The number of furan rings is 2. The third kappa shape index (κ3) is 2.96. The van der Waals surface area contributed by atoms with Crippen LogP contribution in [0.25, 0.3) is 11.1 Å². The molecular weight excluding hydrogens is 308 g/mol. The molecule has 2 heterocycles. The van der Waals surface area contributed by atoms with E-state index in [-0.39, 0.29) is 22.8 Å². The zero-order valence-electron chi connectivity index (χ0n) is 12.9. The molecule has 122 valence electrons. The first kappa shape index (κ1) is 16.3. The number of rotatable bonds is 4. The summed E-state index contributed by atoms with van der Waals surface area (Å²) in [6.07, 6.45) is 0. The van der Waals surface area contributed by atoms with Crippen molar-refractivity contribution in [3.63, 3.8) is 0 Å². The highest BCUT2D eigenvalue weighted by molar-refractivity contribution is 5.99. The van der Waals surface area contributed by atoms with Crippen LogP contribution in [0.5, 0.6) is 0 Å². The summed E-state index contributed by atoms with van der Waals surface area (Å²) in [7, 11) is 3.57. The summed E-state index contributed by atoms with van der Waals surface area (Å²) in [5.74, 6) is -2.29. The fraction of sp³-hybridized carbons (Fsp3) is 0.267. The van der Waals surface area contributed by atoms with E-state index in [0.717, 1.165) is 0 Å². The third-order valence-electron chi connectivity index (χ3n) is 3.08. The number of aryl methyl sites for hydroxylation is 1. The average Bonchev–Trinajstić information content (AvgIpc) is 3.16. The maximum atomic E-state index is 11.8. The van der Waals surface area contributed by atoms with Crippen LogP contribution in [-0.2, 0) is 14.2 Å². The van der Waals surface area contributed by atoms with E-state index in [0.29, 0.717) is 11.3 Å². The van der Waals surface area contributed by atoms with Crippen molar-refractivity contribution >= 4 is 17.9 Å². The van der Waals surface area contributed by atoms with E-state index in [9.17, 15) is 14.4 Å². The van der Waals surface area contributed by atoms with Crippen LogP contribution < -0.4 is 0 Å². The molecule has 0 atom stereocenters. The van der Waals surface area contributed by atoms with Crippen molar-refractivity contribution in [3.8, 4) is 11.1 Å². The van der Waals surface area contributed by atoms with Crippen LogP contribution >= 0.6 is 0 Å². The number of carbonyl (C=O) groups excluding carboxylic acids is 3. The molecule has 2 rings (SSSR count). The Labute approximate surface area is 130 Å². The predicted molar refractivity (Wildman–Crippen MR) is 75.2 cm³/mol. The molecule has 2 aromatic rings. The molecule has 0 saturated heterocycles. The lowest BCUT2D eigenvalue weighted by Crippen LogP contribution is -2.02. The van der Waals surface area contributed by atoms with Gasteiger partial charge in [0, 0.05) is 17.2 Å². The molecule has 0 fully saturated rings. The minimum atomic E-state index is -0.782. The second-order valence-corrected chi connectivity index (χ2v) is 4.41. The van der Waals surface area contributed by atoms with Gasteiger partial charge in [-0.25, -0.2) is 14.4 Å². The molecule has 0 saturated carbocycles. The minimum absolute atomic E-state index is 0.0448. The first-order chi connectivity index (χ1) is 10.9. The van der Waals surface area contributed by atoms with Crippen LogP contribution in [0.15, 0.2) is 21.0 Å². The van der Waals surface area contributed by atoms with Crippen LogP contribution in [0.1, 0.15) is 37.4 Å². The molecule has 0 aliphatic carbocycles. The predicted octanol–water partition coefficient (Wildman–Crippen LogP) is 2.21. The van der Waals surface area contributed by atoms with Crippen LogP contribution in [0.4, 0.5) is 0 Å². The van der Waals surface area contributed by atoms with Gasteiger partial charge in [0.05, 0.1) is 21.3 Å². The van der Waals surface area contributed by atoms with E-state index >= 15 is 0 Å². The molecule has 0 spiro atoms. The van der Waals surface area contributed by atoms with Gasteiger partial charge in [0.1, 0.15) is 5.76 Å². The highest BCUT2D eigenvalue weighted by atomic mass is 16.6. The van der Waals surface area contributed by atoms with Gasteiger partial charge < -0.3 is 23.0 Å². The number of carbonyl (C=O) groups is 3. The zero-order valence-corrected chi connectivity index (χ0v) is 12.9. The van der Waals surface area contributed by atoms with Crippen LogP contribution in [0.3, 0.4) is 0 Å². The van der Waals surface area contributed by atoms with Gasteiger partial charge in [-0.2, -0.15) is 0 Å². The lowest BCUT2D eigenvalue weighted by atomic mass is 10.1. The summed E-state index contributed by atoms with van der Waals surface area (Å²) >= 11 is 0. The normalized spacial score (nSPS) is 10.3. The van der Waals surface area contributed by atoms with E-state index in [1.807, 2.05) is 0 Å². The molecular formula is C15H14O8. The number of esters is 3. The monoisotopic (exact) mass is 322 g/mol. The van der Waals surface area contributed by atoms with E-state index in [4.69, 9.17) is 8.83 Å². The maximum absolute atomic E-state index is 11.8. The fourth-order valence-electron chi connectivity index (χ4n) is 1.99. The van der Waals surface area contributed by atoms with Gasteiger partial charge in [-0.05, 0) is 13.0 Å². The lowest BCUT2D eigenvalue weighted by molar-refractivity contribution is 0.0528. The Kier molecular flexibility index (Phi) is 4.54. The molecule has 0 unspecified atom stereocenters. The summed E-state index contributed by atoms with van der Waals surface area (Å²) in [4.78, 5) is 35.0. The topological polar surface area (TPSA) is 105 Å². The largest absolute Gasteiger partial charge is 0.463 e. The quantitative estimate of drug-likeness (QED) is 0.623. The SMILES string of the molecule is COC(=O)c1cc(-c2cc(C(=O)OC)oc2C(=O)OC)c(C)o1. The van der Waals surface area contributed by atoms with Crippen molar-refractivity contribution in [2.24, 2.45) is 0 Å². The van der Waals surface area contributed by atoms with Gasteiger partial charge in [0.15, 0.2) is 0 Å². The highest BCUT2D eigenvalue weighted by Gasteiger charge is 2.27. The number of hydrogen-bond acceptors (Lipinski definition) is 8. The van der Waals surface area contributed by atoms with Gasteiger partial charge >= 0.3 is 17.9 Å². The van der Waals surface area contributed by atoms with Gasteiger partial charge in [0.25, 0.3) is 0 Å². The van der Waals surface area contributed by atoms with Gasteiger partial charge in [-0.3, -0.25) is 0 Å². The summed E-state index contributed by atoms with van der Waals surface area (Å²) in [6.45, 7) is 1.59. The Morgan fingerprint density at radius 3 is 1.78 bits per heavy atom. The van der Waals surface area contributed by atoms with Crippen LogP contribution in [-0.4, -0.2) is 39.2 Å². The van der Waals surface area contributed by atoms with Crippen molar-refractivity contribution in [3.05, 3.63) is 35.2 Å². The number of methoxy groups -OCH3 is 3. The first-order valence-corrected chi connectivity index (χ1v) is 6.42. The summed E-state index contributed by atoms with van der Waals surface area (Å²) in [5, 5.41) is 0. The average molecular weight is 322 g/mol. The molecule has 0 N–H and O–H groups in total. The third-order valence-corrected chi connectivity index (χ3v) is 3.08. The molecule has 0 radical (unpaired) electrons. The number of ether oxygens (including phenoxy) is 3. The Bertz CT molecular complexity index is 765. The van der Waals surface area contributed by atoms with E-state index in [1.54, 1.807) is 6.92 Å². The zero-order chi connectivity index (χ0) is 17.1. The van der Waals surface area contributed by atoms with Crippen molar-refractivity contribution in [2.75, 3.05) is 21.3 Å². The molecule has 0 aliphatic heterocycles. The Balaban J connectivity index is 2.60. The van der Waals surface area contributed by atoms with E-state index in [1.165, 1.54) is 33.5 Å². The summed E-state index contributed by atoms with van der Waals surface area (Å²) in [6, 6.07) is 2.70. The Morgan fingerprint density at radius 1 is 0.783 bits per heavy atom. The van der Waals surface area contributed by atoms with Gasteiger partial charge in [-0.1, -0.05) is 0 Å². The molecule has 8 nitrogen and oxygen atoms in total. The van der Waals surface area contributed by atoms with E-state index < -0.39 is 17.9 Å². The summed E-state index contributed by atoms with van der Waals surface area (Å²) < 4.78 is 24.3. The number of hydrogen-bond donors (Lipinski definition) is 0. The first-order valence-electron chi connectivity index (χ1n) is 6.42. The van der Waals surface area contributed by atoms with Crippen molar-refractivity contribution in [1.82, 2.24) is 0 Å². The lowest BCUT2D eigenvalue weighted by Gasteiger charge is -1.98. The minimum Gasteiger partial charge on any atom is -0.463 e. The Hall–Kier alpha value is -3.03. The summed E-state index contributed by atoms with van der Waals surface area (Å²) in [5.41, 5.74) is 0.637. The molecule has 0 amide bonds. The smallest absolute Gasteiger partial charge is 0.374 e. The van der Waals surface area contributed by atoms with Gasteiger partial charge in [-0.15, -0.1) is 0 Å². The highest BCUT2D eigenvalue weighted by Crippen LogP contribution is 2.33. The van der Waals surface area contributed by atoms with Crippen molar-refractivity contribution < 1.29 is 37.4 Å². The molecule has 23 heavy (non-hydrogen) atoms. The standard InChI is InChI=1S/C15H14O8/c1-7-8(5-10(22-7)13(16)19-2)9-6-11(14(17)20-3)23-12(9)15(18)21-4/h5-6H,1-4H3. The second kappa shape index (κ2) is 6.39. The molecule has 0 aliphatic rings. The molecule has 2 aromatic heterocycles. The maximum Gasteiger partial charge on any atom is 0.374 e. The van der Waals surface area contributed by atoms with Gasteiger partial charge in [0.2, 0.25) is 17.3 Å². The second-order valence-electron chi connectivity index (χ2n) is 4.41. The van der Waals surface area contributed by atoms with Crippen LogP contribution in [0.2, 0.25) is 0 Å². The van der Waals surface area contributed by atoms with Crippen molar-refractivity contribution in [2.45, 2.75) is 6.92 Å². The van der Waals surface area contributed by atoms with Crippen molar-refractivity contribution in [1.29, 1.82) is 0 Å². The molecule has 8 heteroatoms. The van der Waals surface area contributed by atoms with E-state index in [2.05, 4.69) is 14.2 Å². The fourth-order valence-corrected chi connectivity index (χ4v) is 1.99.